The normalized spacial score (nSPS) is 11.9. The Morgan fingerprint density at radius 1 is 0.696 bits per heavy atom. The number of rotatable bonds is 4. The van der Waals surface area contributed by atoms with Crippen LogP contribution in [0.4, 0.5) is 35.1 Å². The molecule has 0 saturated heterocycles. The number of hydrogen-bond acceptors (Lipinski definition) is 2. The summed E-state index contributed by atoms with van der Waals surface area (Å²) in [6.45, 7) is 0. The Kier molecular flexibility index (Phi) is 5.20. The monoisotopic (exact) mass is 342 g/mol. The van der Waals surface area contributed by atoms with E-state index >= 15 is 0 Å². The molecule has 124 valence electrons. The van der Waals surface area contributed by atoms with Gasteiger partial charge in [-0.15, -0.1) is 0 Å². The highest BCUT2D eigenvalue weighted by Gasteiger charge is 2.39. The lowest BCUT2D eigenvalue weighted by molar-refractivity contribution is -0.138. The predicted molar refractivity (Wildman–Crippen MR) is 58.9 cm³/mol. The van der Waals surface area contributed by atoms with Crippen LogP contribution in [0.1, 0.15) is 18.4 Å². The Hall–Kier alpha value is -2.36. The third-order valence-electron chi connectivity index (χ3n) is 3.04. The van der Waals surface area contributed by atoms with Gasteiger partial charge in [-0.1, -0.05) is 0 Å². The number of hydrogen-bond donors (Lipinski definition) is 0. The van der Waals surface area contributed by atoms with Crippen LogP contribution in [-0.4, -0.2) is 6.18 Å². The Morgan fingerprint density at radius 3 is 1.43 bits per heavy atom. The standard InChI is InChI=1S/C13H6F8N2/c14-7-6(8(15)10(17)11(18)9(7)16)3-12(4-22,5-23)1-2-13(19,20)21/h1-3H2. The van der Waals surface area contributed by atoms with Crippen LogP contribution in [0.5, 0.6) is 0 Å². The maximum absolute atomic E-state index is 13.5. The van der Waals surface area contributed by atoms with Crippen molar-refractivity contribution in [3.8, 4) is 12.1 Å². The van der Waals surface area contributed by atoms with Crippen LogP contribution in [0.2, 0.25) is 0 Å². The number of halogens is 8. The SMILES string of the molecule is N#CC(C#N)(CCC(F)(F)F)Cc1c(F)c(F)c(F)c(F)c1F. The molecule has 0 radical (unpaired) electrons. The van der Waals surface area contributed by atoms with Crippen molar-refractivity contribution in [3.05, 3.63) is 34.6 Å². The van der Waals surface area contributed by atoms with Crippen molar-refractivity contribution in [3.63, 3.8) is 0 Å². The van der Waals surface area contributed by atoms with E-state index in [1.165, 1.54) is 0 Å². The van der Waals surface area contributed by atoms with Gasteiger partial charge in [0.2, 0.25) is 5.82 Å². The van der Waals surface area contributed by atoms with Gasteiger partial charge in [-0.2, -0.15) is 23.7 Å². The first-order valence-corrected chi connectivity index (χ1v) is 5.87. The Balaban J connectivity index is 3.32. The van der Waals surface area contributed by atoms with E-state index in [0.717, 1.165) is 12.1 Å². The molecule has 0 amide bonds. The minimum atomic E-state index is -4.77. The van der Waals surface area contributed by atoms with E-state index < -0.39 is 65.5 Å². The number of alkyl halides is 3. The van der Waals surface area contributed by atoms with Crippen molar-refractivity contribution in [1.82, 2.24) is 0 Å². The minimum Gasteiger partial charge on any atom is -0.203 e. The zero-order valence-electron chi connectivity index (χ0n) is 11.0. The summed E-state index contributed by atoms with van der Waals surface area (Å²) in [7, 11) is 0. The predicted octanol–water partition coefficient (Wildman–Crippen LogP) is 4.30. The molecule has 0 unspecified atom stereocenters. The molecule has 1 aromatic carbocycles. The van der Waals surface area contributed by atoms with Gasteiger partial charge >= 0.3 is 6.18 Å². The van der Waals surface area contributed by atoms with Crippen LogP contribution in [0.25, 0.3) is 0 Å². The second-order valence-electron chi connectivity index (χ2n) is 4.65. The van der Waals surface area contributed by atoms with E-state index in [9.17, 15) is 35.1 Å². The molecule has 0 bridgehead atoms. The van der Waals surface area contributed by atoms with E-state index in [0.29, 0.717) is 0 Å². The zero-order chi connectivity index (χ0) is 18.0. The fourth-order valence-corrected chi connectivity index (χ4v) is 1.77. The second-order valence-corrected chi connectivity index (χ2v) is 4.65. The maximum atomic E-state index is 13.5. The fraction of sp³-hybridized carbons (Fsp3) is 0.385. The van der Waals surface area contributed by atoms with Gasteiger partial charge in [0.1, 0.15) is 5.41 Å². The number of nitrogens with zero attached hydrogens (tertiary/aromatic N) is 2. The van der Waals surface area contributed by atoms with Crippen molar-refractivity contribution < 1.29 is 35.1 Å². The average Bonchev–Trinajstić information content (AvgIpc) is 2.50. The van der Waals surface area contributed by atoms with Crippen LogP contribution < -0.4 is 0 Å². The lowest BCUT2D eigenvalue weighted by Crippen LogP contribution is -2.25. The highest BCUT2D eigenvalue weighted by Crippen LogP contribution is 2.35. The maximum Gasteiger partial charge on any atom is 0.389 e. The quantitative estimate of drug-likeness (QED) is 0.465. The van der Waals surface area contributed by atoms with Crippen LogP contribution >= 0.6 is 0 Å². The van der Waals surface area contributed by atoms with Crippen LogP contribution in [0, 0.1) is 57.2 Å². The molecule has 0 atom stereocenters. The summed E-state index contributed by atoms with van der Waals surface area (Å²) >= 11 is 0. The molecule has 0 aliphatic carbocycles. The second kappa shape index (κ2) is 6.41. The lowest BCUT2D eigenvalue weighted by Gasteiger charge is -2.20. The van der Waals surface area contributed by atoms with Crippen LogP contribution in [0.3, 0.4) is 0 Å². The molecule has 1 rings (SSSR count). The molecule has 0 spiro atoms. The van der Waals surface area contributed by atoms with E-state index in [1.54, 1.807) is 0 Å². The Morgan fingerprint density at radius 2 is 1.09 bits per heavy atom. The van der Waals surface area contributed by atoms with Gasteiger partial charge in [0.15, 0.2) is 23.3 Å². The topological polar surface area (TPSA) is 47.6 Å². The summed E-state index contributed by atoms with van der Waals surface area (Å²) < 4.78 is 103. The van der Waals surface area contributed by atoms with Gasteiger partial charge in [-0.05, 0) is 6.42 Å². The molecule has 0 heterocycles. The van der Waals surface area contributed by atoms with E-state index in [2.05, 4.69) is 0 Å². The number of nitriles is 2. The van der Waals surface area contributed by atoms with Gasteiger partial charge in [0.25, 0.3) is 0 Å². The Bertz CT molecular complexity index is 653. The summed E-state index contributed by atoms with van der Waals surface area (Å²) in [5, 5.41) is 17.7. The van der Waals surface area contributed by atoms with Crippen molar-refractivity contribution in [2.45, 2.75) is 25.4 Å². The molecule has 0 N–H and O–H groups in total. The van der Waals surface area contributed by atoms with Crippen molar-refractivity contribution in [1.29, 1.82) is 10.5 Å². The number of benzene rings is 1. The molecule has 10 heteroatoms. The first-order valence-electron chi connectivity index (χ1n) is 5.87. The van der Waals surface area contributed by atoms with Crippen LogP contribution in [0.15, 0.2) is 0 Å². The lowest BCUT2D eigenvalue weighted by atomic mass is 9.80. The van der Waals surface area contributed by atoms with Crippen molar-refractivity contribution in [2.75, 3.05) is 0 Å². The largest absolute Gasteiger partial charge is 0.389 e. The van der Waals surface area contributed by atoms with Crippen LogP contribution in [-0.2, 0) is 6.42 Å². The third kappa shape index (κ3) is 3.89. The molecular weight excluding hydrogens is 336 g/mol. The molecule has 0 fully saturated rings. The first kappa shape index (κ1) is 18.7. The third-order valence-corrected chi connectivity index (χ3v) is 3.04. The summed E-state index contributed by atoms with van der Waals surface area (Å²) in [5.74, 6) is -11.6. The van der Waals surface area contributed by atoms with E-state index in [1.807, 2.05) is 0 Å². The summed E-state index contributed by atoms with van der Waals surface area (Å²) in [5.41, 5.74) is -4.10. The fourth-order valence-electron chi connectivity index (χ4n) is 1.77. The van der Waals surface area contributed by atoms with Gasteiger partial charge in [-0.25, -0.2) is 22.0 Å². The van der Waals surface area contributed by atoms with E-state index in [4.69, 9.17) is 10.5 Å². The van der Waals surface area contributed by atoms with Crippen molar-refractivity contribution in [2.24, 2.45) is 5.41 Å². The molecule has 0 aliphatic rings. The molecule has 23 heavy (non-hydrogen) atoms. The molecule has 0 aromatic heterocycles. The van der Waals surface area contributed by atoms with Gasteiger partial charge in [0.05, 0.1) is 12.1 Å². The Labute approximate surface area is 124 Å². The summed E-state index contributed by atoms with van der Waals surface area (Å²) in [4.78, 5) is 0. The van der Waals surface area contributed by atoms with Gasteiger partial charge in [-0.3, -0.25) is 0 Å². The first-order chi connectivity index (χ1) is 10.5. The summed E-state index contributed by atoms with van der Waals surface area (Å²) in [6, 6.07) is 2.32. The molecule has 1 aromatic rings. The highest BCUT2D eigenvalue weighted by molar-refractivity contribution is 5.29. The van der Waals surface area contributed by atoms with E-state index in [-0.39, 0.29) is 0 Å². The summed E-state index contributed by atoms with van der Waals surface area (Å²) in [6.07, 6.45) is -8.95. The molecule has 2 nitrogen and oxygen atoms in total. The molecule has 0 saturated carbocycles. The van der Waals surface area contributed by atoms with Crippen molar-refractivity contribution >= 4 is 0 Å². The molecule has 0 aliphatic heterocycles. The highest BCUT2D eigenvalue weighted by atomic mass is 19.4. The zero-order valence-corrected chi connectivity index (χ0v) is 11.0. The smallest absolute Gasteiger partial charge is 0.203 e. The average molecular weight is 342 g/mol. The van der Waals surface area contributed by atoms with Gasteiger partial charge in [0, 0.05) is 18.4 Å². The van der Waals surface area contributed by atoms with Gasteiger partial charge < -0.3 is 0 Å². The molecular formula is C13H6F8N2. The minimum absolute atomic E-state index is 1.16.